The van der Waals surface area contributed by atoms with E-state index in [2.05, 4.69) is 51.9 Å². The van der Waals surface area contributed by atoms with Crippen molar-refractivity contribution in [2.24, 2.45) is 5.92 Å². The van der Waals surface area contributed by atoms with E-state index < -0.39 is 0 Å². The largest absolute Gasteiger partial charge is 0.497 e. The van der Waals surface area contributed by atoms with Gasteiger partial charge in [0.15, 0.2) is 0 Å². The average molecular weight is 413 g/mol. The molecule has 30 heavy (non-hydrogen) atoms. The molecule has 0 spiro atoms. The van der Waals surface area contributed by atoms with Gasteiger partial charge in [-0.05, 0) is 94.4 Å². The van der Waals surface area contributed by atoms with E-state index in [1.807, 2.05) is 18.7 Å². The summed E-state index contributed by atoms with van der Waals surface area (Å²) >= 11 is 0. The van der Waals surface area contributed by atoms with E-state index in [1.54, 1.807) is 18.2 Å². The number of hydrogen-bond acceptors (Lipinski definition) is 4. The Bertz CT molecular complexity index is 812. The number of hydrogen-bond donors (Lipinski definition) is 1. The lowest BCUT2D eigenvalue weighted by Gasteiger charge is -2.42. The third-order valence-electron chi connectivity index (χ3n) is 7.79. The Hall–Kier alpha value is -1.85. The Labute approximate surface area is 183 Å². The van der Waals surface area contributed by atoms with Gasteiger partial charge >= 0.3 is 0 Å². The fraction of sp³-hybridized carbons (Fsp3) is 0.640. The summed E-state index contributed by atoms with van der Waals surface area (Å²) in [5.74, 6) is 1.65. The van der Waals surface area contributed by atoms with Crippen molar-refractivity contribution in [3.8, 4) is 5.75 Å². The van der Waals surface area contributed by atoms with Crippen LogP contribution in [0.1, 0.15) is 51.6 Å². The van der Waals surface area contributed by atoms with Crippen LogP contribution in [0.4, 0.5) is 0 Å². The van der Waals surface area contributed by atoms with Crippen LogP contribution in [0.25, 0.3) is 0 Å². The molecule has 1 N–H and O–H groups in total. The van der Waals surface area contributed by atoms with Crippen molar-refractivity contribution in [3.63, 3.8) is 0 Å². The van der Waals surface area contributed by atoms with Crippen LogP contribution < -0.4 is 10.1 Å². The van der Waals surface area contributed by atoms with Gasteiger partial charge in [0.2, 0.25) is 0 Å². The molecule has 1 unspecified atom stereocenters. The van der Waals surface area contributed by atoms with Gasteiger partial charge in [-0.25, -0.2) is 4.98 Å². The second-order valence-electron chi connectivity index (χ2n) is 9.31. The molecule has 1 aliphatic heterocycles. The fourth-order valence-electron chi connectivity index (χ4n) is 6.03. The number of benzene rings is 1. The van der Waals surface area contributed by atoms with E-state index in [0.29, 0.717) is 12.0 Å². The van der Waals surface area contributed by atoms with E-state index >= 15 is 0 Å². The maximum atomic E-state index is 5.65. The van der Waals surface area contributed by atoms with E-state index in [1.165, 1.54) is 38.6 Å². The van der Waals surface area contributed by atoms with Gasteiger partial charge in [0.05, 0.1) is 13.4 Å². The minimum Gasteiger partial charge on any atom is -0.497 e. The summed E-state index contributed by atoms with van der Waals surface area (Å²) in [6, 6.07) is 7.50. The predicted octanol–water partition coefficient (Wildman–Crippen LogP) is 4.12. The highest BCUT2D eigenvalue weighted by atomic mass is 16.5. The molecule has 0 radical (unpaired) electrons. The third-order valence-corrected chi connectivity index (χ3v) is 7.79. The zero-order valence-corrected chi connectivity index (χ0v) is 18.9. The van der Waals surface area contributed by atoms with Gasteiger partial charge in [-0.1, -0.05) is 13.0 Å². The standard InChI is InChI=1S/C25H38N4O.H2/c1-20-24-9-7-21-6-8-22(30-3)18-23(21)25(20,10-4-15-28(24)2)11-13-26-12-5-16-29-17-14-27-19-29;/h6,8,14,17-20,24,26H,4-5,7,9-13,15-16H2,1-3H3;1H/t20-,24+,25?;/m0./s1. The Kier molecular flexibility index (Phi) is 6.79. The molecule has 2 heterocycles. The Balaban J connectivity index is 0.00000272. The molecule has 1 saturated heterocycles. The lowest BCUT2D eigenvalue weighted by molar-refractivity contribution is 0.142. The second kappa shape index (κ2) is 9.52. The molecule has 5 nitrogen and oxygen atoms in total. The first kappa shape index (κ1) is 21.4. The first-order valence-electron chi connectivity index (χ1n) is 11.7. The summed E-state index contributed by atoms with van der Waals surface area (Å²) in [4.78, 5) is 6.76. The number of nitrogens with zero attached hydrogens (tertiary/aromatic N) is 3. The quantitative estimate of drug-likeness (QED) is 0.662. The molecule has 3 atom stereocenters. The van der Waals surface area contributed by atoms with Gasteiger partial charge in [-0.2, -0.15) is 0 Å². The maximum absolute atomic E-state index is 5.65. The fourth-order valence-corrected chi connectivity index (χ4v) is 6.03. The SMILES string of the molecule is COc1ccc2c(c1)C1(CCNCCCn3ccnc3)CCCN(C)[C@H](CC2)[C@@H]1C.[HH]. The van der Waals surface area contributed by atoms with Gasteiger partial charge in [-0.15, -0.1) is 0 Å². The summed E-state index contributed by atoms with van der Waals surface area (Å²) < 4.78 is 7.81. The van der Waals surface area contributed by atoms with E-state index in [9.17, 15) is 0 Å². The number of imidazole rings is 1. The highest BCUT2D eigenvalue weighted by Crippen LogP contribution is 2.49. The molecular formula is C25H40N4O. The highest BCUT2D eigenvalue weighted by Gasteiger charge is 2.46. The molecule has 1 fully saturated rings. The number of aryl methyl sites for hydroxylation is 2. The van der Waals surface area contributed by atoms with Crippen molar-refractivity contribution in [1.29, 1.82) is 0 Å². The number of likely N-dealkylation sites (tertiary alicyclic amines) is 1. The smallest absolute Gasteiger partial charge is 0.119 e. The number of ether oxygens (including phenoxy) is 1. The van der Waals surface area contributed by atoms with E-state index in [0.717, 1.165) is 31.8 Å². The normalized spacial score (nSPS) is 26.6. The number of fused-ring (bicyclic) bond motifs is 4. The minimum absolute atomic E-state index is 0. The minimum atomic E-state index is 0. The van der Waals surface area contributed by atoms with Crippen molar-refractivity contribution in [1.82, 2.24) is 19.8 Å². The highest BCUT2D eigenvalue weighted by molar-refractivity contribution is 5.43. The van der Waals surface area contributed by atoms with E-state index in [4.69, 9.17) is 4.74 Å². The monoisotopic (exact) mass is 412 g/mol. The van der Waals surface area contributed by atoms with Gasteiger partial charge < -0.3 is 19.5 Å². The van der Waals surface area contributed by atoms with Crippen molar-refractivity contribution in [3.05, 3.63) is 48.0 Å². The van der Waals surface area contributed by atoms with Crippen LogP contribution in [0.3, 0.4) is 0 Å². The molecule has 1 aromatic carbocycles. The molecule has 166 valence electrons. The van der Waals surface area contributed by atoms with E-state index in [-0.39, 0.29) is 6.84 Å². The van der Waals surface area contributed by atoms with Crippen molar-refractivity contribution in [2.45, 2.75) is 63.5 Å². The average Bonchev–Trinajstić information content (AvgIpc) is 3.21. The molecular weight excluding hydrogens is 372 g/mol. The molecule has 2 aromatic rings. The van der Waals surface area contributed by atoms with Crippen LogP contribution in [0.15, 0.2) is 36.9 Å². The van der Waals surface area contributed by atoms with Gasteiger partial charge in [0.25, 0.3) is 0 Å². The zero-order chi connectivity index (χ0) is 21.0. The first-order chi connectivity index (χ1) is 14.6. The number of aromatic nitrogens is 2. The Morgan fingerprint density at radius 1 is 1.33 bits per heavy atom. The van der Waals surface area contributed by atoms with Crippen molar-refractivity contribution >= 4 is 0 Å². The summed E-state index contributed by atoms with van der Waals surface area (Å²) in [6.07, 6.45) is 13.1. The summed E-state index contributed by atoms with van der Waals surface area (Å²) in [6.45, 7) is 6.88. The summed E-state index contributed by atoms with van der Waals surface area (Å²) in [5.41, 5.74) is 3.33. The number of methoxy groups -OCH3 is 1. The lowest BCUT2D eigenvalue weighted by Crippen LogP contribution is -2.44. The van der Waals surface area contributed by atoms with Crippen LogP contribution in [0.5, 0.6) is 5.75 Å². The molecule has 0 amide bonds. The van der Waals surface area contributed by atoms with Crippen molar-refractivity contribution in [2.75, 3.05) is 33.8 Å². The lowest BCUT2D eigenvalue weighted by atomic mass is 9.64. The van der Waals surface area contributed by atoms with Gasteiger partial charge in [0.1, 0.15) is 5.75 Å². The Morgan fingerprint density at radius 3 is 3.03 bits per heavy atom. The van der Waals surface area contributed by atoms with Gasteiger partial charge in [-0.3, -0.25) is 0 Å². The Morgan fingerprint density at radius 2 is 2.23 bits per heavy atom. The molecule has 0 saturated carbocycles. The van der Waals surface area contributed by atoms with Crippen LogP contribution in [0, 0.1) is 5.92 Å². The molecule has 2 aliphatic rings. The summed E-state index contributed by atoms with van der Waals surface area (Å²) in [7, 11) is 4.13. The molecule has 4 rings (SSSR count). The number of nitrogens with one attached hydrogen (secondary N) is 1. The van der Waals surface area contributed by atoms with Crippen LogP contribution in [0.2, 0.25) is 0 Å². The summed E-state index contributed by atoms with van der Waals surface area (Å²) in [5, 5.41) is 3.75. The third kappa shape index (κ3) is 4.28. The molecule has 1 aliphatic carbocycles. The number of rotatable bonds is 8. The maximum Gasteiger partial charge on any atom is 0.119 e. The zero-order valence-electron chi connectivity index (χ0n) is 18.9. The van der Waals surface area contributed by atoms with Gasteiger partial charge in [0, 0.05) is 31.8 Å². The second-order valence-corrected chi connectivity index (χ2v) is 9.31. The van der Waals surface area contributed by atoms with Crippen LogP contribution >= 0.6 is 0 Å². The topological polar surface area (TPSA) is 42.3 Å². The van der Waals surface area contributed by atoms with Crippen molar-refractivity contribution < 1.29 is 6.16 Å². The molecule has 1 aromatic heterocycles. The van der Waals surface area contributed by atoms with Crippen LogP contribution in [-0.4, -0.2) is 54.3 Å². The predicted molar refractivity (Wildman–Crippen MR) is 124 cm³/mol. The molecule has 2 bridgehead atoms. The van der Waals surface area contributed by atoms with Crippen LogP contribution in [-0.2, 0) is 18.4 Å². The molecule has 5 heteroatoms. The first-order valence-corrected chi connectivity index (χ1v) is 11.7.